The lowest BCUT2D eigenvalue weighted by Gasteiger charge is -2.28. The van der Waals surface area contributed by atoms with Gasteiger partial charge >= 0.3 is 5.97 Å². The maximum atomic E-state index is 11.0. The molecule has 0 fully saturated rings. The van der Waals surface area contributed by atoms with Gasteiger partial charge in [-0.15, -0.1) is 0 Å². The number of carbonyl (C=O) groups is 1. The van der Waals surface area contributed by atoms with Crippen LogP contribution in [0.4, 0.5) is 0 Å². The zero-order valence-electron chi connectivity index (χ0n) is 24.6. The van der Waals surface area contributed by atoms with Crippen molar-refractivity contribution < 1.29 is 38.7 Å². The zero-order chi connectivity index (χ0) is 29.2. The molecule has 0 aromatic heterocycles. The van der Waals surface area contributed by atoms with Crippen molar-refractivity contribution in [2.45, 2.75) is 59.9 Å². The Hall–Kier alpha value is -3.17. The van der Waals surface area contributed by atoms with Crippen molar-refractivity contribution in [1.29, 1.82) is 0 Å². The maximum absolute atomic E-state index is 11.0. The summed E-state index contributed by atoms with van der Waals surface area (Å²) in [6.45, 7) is 13.6. The second-order valence-electron chi connectivity index (χ2n) is 8.71. The van der Waals surface area contributed by atoms with Gasteiger partial charge in [0.15, 0.2) is 23.0 Å². The Morgan fingerprint density at radius 3 is 1.90 bits per heavy atom. The van der Waals surface area contributed by atoms with E-state index in [1.165, 1.54) is 17.7 Å². The molecule has 220 valence electrons. The first-order chi connectivity index (χ1) is 18.8. The highest BCUT2D eigenvalue weighted by molar-refractivity contribution is 5.89. The number of hydrogen-bond donors (Lipinski definition) is 2. The Kier molecular flexibility index (Phi) is 16.5. The van der Waals surface area contributed by atoms with E-state index in [4.69, 9.17) is 33.9 Å². The van der Waals surface area contributed by atoms with Gasteiger partial charge < -0.3 is 38.8 Å². The van der Waals surface area contributed by atoms with E-state index in [1.54, 1.807) is 14.2 Å². The molecule has 0 aliphatic carbocycles. The number of carboxylic acid groups (broad SMARTS) is 1. The number of nitrogens with zero attached hydrogens (tertiary/aromatic N) is 1. The van der Waals surface area contributed by atoms with E-state index >= 15 is 0 Å². The van der Waals surface area contributed by atoms with Gasteiger partial charge in [-0.1, -0.05) is 13.0 Å². The summed E-state index contributed by atoms with van der Waals surface area (Å²) >= 11 is 0. The molecule has 39 heavy (non-hydrogen) atoms. The third-order valence-electron chi connectivity index (χ3n) is 6.02. The van der Waals surface area contributed by atoms with Gasteiger partial charge in [-0.2, -0.15) is 0 Å². The molecule has 1 unspecified atom stereocenters. The fraction of sp³-hybridized carbons (Fsp3) is 0.567. The molecule has 0 aliphatic rings. The summed E-state index contributed by atoms with van der Waals surface area (Å²) in [6.07, 6.45) is 2.90. The Labute approximate surface area is 233 Å². The second kappa shape index (κ2) is 19.0. The molecule has 0 bridgehead atoms. The van der Waals surface area contributed by atoms with E-state index in [1.807, 2.05) is 26.8 Å². The average Bonchev–Trinajstić information content (AvgIpc) is 2.93. The molecule has 2 rings (SSSR count). The van der Waals surface area contributed by atoms with Crippen molar-refractivity contribution in [2.75, 3.05) is 53.7 Å². The topological polar surface area (TPSA) is 107 Å². The molecule has 1 atom stereocenters. The van der Waals surface area contributed by atoms with Gasteiger partial charge in [-0.05, 0) is 89.9 Å². The largest absolute Gasteiger partial charge is 0.493 e. The van der Waals surface area contributed by atoms with Crippen molar-refractivity contribution in [3.05, 3.63) is 41.5 Å². The smallest absolute Gasteiger partial charge is 0.335 e. The van der Waals surface area contributed by atoms with Crippen molar-refractivity contribution >= 4 is 5.97 Å². The summed E-state index contributed by atoms with van der Waals surface area (Å²) in [5, 5.41) is 17.9. The number of rotatable bonds is 17. The predicted molar refractivity (Wildman–Crippen MR) is 153 cm³/mol. The highest BCUT2D eigenvalue weighted by Gasteiger charge is 2.18. The standard InChI is InChI=1S/C17H29NO3.C13H18O5/c1-5-18(10-6-7-11-19)14(2)12-15-8-9-16(20-3)17(13-15)21-4;1-4-16-10-7-9(13(14)15)8-11(17-5-2)12(10)18-6-3/h8-9,13-14,19H,5-7,10-12H2,1-4H3;7-8H,4-6H2,1-3H3,(H,14,15). The molecule has 2 aromatic rings. The minimum Gasteiger partial charge on any atom is -0.493 e. The lowest BCUT2D eigenvalue weighted by molar-refractivity contribution is 0.0695. The van der Waals surface area contributed by atoms with Gasteiger partial charge in [-0.3, -0.25) is 0 Å². The number of likely N-dealkylation sites (N-methyl/N-ethyl adjacent to an activating group) is 1. The molecule has 0 aliphatic heterocycles. The first-order valence-corrected chi connectivity index (χ1v) is 13.6. The number of aliphatic hydroxyl groups is 1. The Morgan fingerprint density at radius 2 is 1.44 bits per heavy atom. The summed E-state index contributed by atoms with van der Waals surface area (Å²) < 4.78 is 26.9. The maximum Gasteiger partial charge on any atom is 0.335 e. The molecule has 0 saturated carbocycles. The monoisotopic (exact) mass is 549 g/mol. The van der Waals surface area contributed by atoms with Crippen LogP contribution in [0.15, 0.2) is 30.3 Å². The van der Waals surface area contributed by atoms with Crippen LogP contribution in [0.1, 0.15) is 63.4 Å². The highest BCUT2D eigenvalue weighted by atomic mass is 16.5. The van der Waals surface area contributed by atoms with Crippen LogP contribution in [-0.4, -0.2) is 80.9 Å². The third-order valence-corrected chi connectivity index (χ3v) is 6.02. The van der Waals surface area contributed by atoms with Crippen molar-refractivity contribution in [1.82, 2.24) is 4.90 Å². The normalized spacial score (nSPS) is 11.3. The van der Waals surface area contributed by atoms with E-state index in [0.29, 0.717) is 43.1 Å². The molecule has 0 heterocycles. The van der Waals surface area contributed by atoms with Crippen LogP contribution in [0.25, 0.3) is 0 Å². The van der Waals surface area contributed by atoms with E-state index in [0.717, 1.165) is 43.9 Å². The number of ether oxygens (including phenoxy) is 5. The molecular weight excluding hydrogens is 502 g/mol. The number of benzene rings is 2. The van der Waals surface area contributed by atoms with Gasteiger partial charge in [-0.25, -0.2) is 4.79 Å². The van der Waals surface area contributed by atoms with E-state index in [-0.39, 0.29) is 12.2 Å². The SMILES string of the molecule is CCN(CCCCO)C(C)Cc1ccc(OC)c(OC)c1.CCOc1cc(C(=O)O)cc(OCC)c1OCC. The number of methoxy groups -OCH3 is 2. The van der Waals surface area contributed by atoms with E-state index < -0.39 is 5.97 Å². The van der Waals surface area contributed by atoms with Crippen molar-refractivity contribution in [2.24, 2.45) is 0 Å². The summed E-state index contributed by atoms with van der Waals surface area (Å²) in [5.41, 5.74) is 1.37. The molecule has 2 aromatic carbocycles. The molecule has 0 saturated heterocycles. The second-order valence-corrected chi connectivity index (χ2v) is 8.71. The molecule has 0 radical (unpaired) electrons. The summed E-state index contributed by atoms with van der Waals surface area (Å²) in [4.78, 5) is 13.5. The first kappa shape index (κ1) is 33.9. The van der Waals surface area contributed by atoms with Crippen LogP contribution < -0.4 is 23.7 Å². The number of carboxylic acids is 1. The highest BCUT2D eigenvalue weighted by Crippen LogP contribution is 2.39. The number of aliphatic hydroxyl groups excluding tert-OH is 1. The van der Waals surface area contributed by atoms with Crippen LogP contribution in [0.5, 0.6) is 28.7 Å². The van der Waals surface area contributed by atoms with Crippen LogP contribution in [-0.2, 0) is 6.42 Å². The van der Waals surface area contributed by atoms with E-state index in [2.05, 4.69) is 30.9 Å². The molecule has 0 amide bonds. The fourth-order valence-corrected chi connectivity index (χ4v) is 4.11. The third kappa shape index (κ3) is 11.2. The molecule has 0 spiro atoms. The minimum atomic E-state index is -1.03. The first-order valence-electron chi connectivity index (χ1n) is 13.6. The Bertz CT molecular complexity index is 954. The van der Waals surface area contributed by atoms with Gasteiger partial charge in [0.2, 0.25) is 5.75 Å². The van der Waals surface area contributed by atoms with Crippen LogP contribution in [0.3, 0.4) is 0 Å². The van der Waals surface area contributed by atoms with Crippen molar-refractivity contribution in [3.8, 4) is 28.7 Å². The Balaban J connectivity index is 0.000000395. The number of aromatic carboxylic acids is 1. The quantitative estimate of drug-likeness (QED) is 0.254. The number of unbranched alkanes of at least 4 members (excludes halogenated alkanes) is 1. The lowest BCUT2D eigenvalue weighted by Crippen LogP contribution is -2.35. The average molecular weight is 550 g/mol. The van der Waals surface area contributed by atoms with Crippen LogP contribution in [0, 0.1) is 0 Å². The zero-order valence-corrected chi connectivity index (χ0v) is 24.6. The van der Waals surface area contributed by atoms with Crippen LogP contribution >= 0.6 is 0 Å². The van der Waals surface area contributed by atoms with Crippen molar-refractivity contribution in [3.63, 3.8) is 0 Å². The summed E-state index contributed by atoms with van der Waals surface area (Å²) in [7, 11) is 3.32. The van der Waals surface area contributed by atoms with Crippen LogP contribution in [0.2, 0.25) is 0 Å². The number of hydrogen-bond acceptors (Lipinski definition) is 8. The fourth-order valence-electron chi connectivity index (χ4n) is 4.11. The lowest BCUT2D eigenvalue weighted by atomic mass is 10.0. The Morgan fingerprint density at radius 1 is 0.846 bits per heavy atom. The van der Waals surface area contributed by atoms with Gasteiger partial charge in [0.05, 0.1) is 39.6 Å². The predicted octanol–water partition coefficient (Wildman–Crippen LogP) is 5.31. The summed E-state index contributed by atoms with van der Waals surface area (Å²) in [5.74, 6) is 1.76. The molecular formula is C30H47NO8. The van der Waals surface area contributed by atoms with Gasteiger partial charge in [0.1, 0.15) is 0 Å². The molecule has 2 N–H and O–H groups in total. The summed E-state index contributed by atoms with van der Waals surface area (Å²) in [6, 6.07) is 9.46. The van der Waals surface area contributed by atoms with Gasteiger partial charge in [0.25, 0.3) is 0 Å². The molecule has 9 heteroatoms. The van der Waals surface area contributed by atoms with Gasteiger partial charge in [0, 0.05) is 12.6 Å². The van der Waals surface area contributed by atoms with E-state index in [9.17, 15) is 4.79 Å². The molecule has 9 nitrogen and oxygen atoms in total. The minimum absolute atomic E-state index is 0.116.